The Morgan fingerprint density at radius 2 is 1.62 bits per heavy atom. The van der Waals surface area contributed by atoms with E-state index in [1.165, 1.54) is 17.7 Å². The molecule has 4 heteroatoms. The van der Waals surface area contributed by atoms with Crippen LogP contribution in [0.15, 0.2) is 59.2 Å². The SMILES string of the molecule is CC(C)(C)c1ccc(C2=NC(=Cc3ccc(F)cc3)C(=O)O2)cc1. The zero-order valence-electron chi connectivity index (χ0n) is 13.8. The van der Waals surface area contributed by atoms with E-state index in [1.54, 1.807) is 18.2 Å². The lowest BCUT2D eigenvalue weighted by Gasteiger charge is -2.18. The Balaban J connectivity index is 1.87. The van der Waals surface area contributed by atoms with E-state index < -0.39 is 5.97 Å². The minimum atomic E-state index is -0.505. The zero-order chi connectivity index (χ0) is 17.3. The van der Waals surface area contributed by atoms with E-state index in [2.05, 4.69) is 25.8 Å². The Bertz CT molecular complexity index is 825. The van der Waals surface area contributed by atoms with Gasteiger partial charge in [0.2, 0.25) is 5.90 Å². The topological polar surface area (TPSA) is 38.7 Å². The lowest BCUT2D eigenvalue weighted by atomic mass is 9.87. The molecule has 0 N–H and O–H groups in total. The van der Waals surface area contributed by atoms with Gasteiger partial charge in [0.25, 0.3) is 0 Å². The summed E-state index contributed by atoms with van der Waals surface area (Å²) < 4.78 is 18.2. The molecule has 0 saturated heterocycles. The van der Waals surface area contributed by atoms with Crippen LogP contribution in [0, 0.1) is 5.82 Å². The van der Waals surface area contributed by atoms with E-state index in [0.29, 0.717) is 5.56 Å². The van der Waals surface area contributed by atoms with Crippen LogP contribution in [0.1, 0.15) is 37.5 Å². The molecule has 0 unspecified atom stereocenters. The van der Waals surface area contributed by atoms with Crippen molar-refractivity contribution in [1.29, 1.82) is 0 Å². The quantitative estimate of drug-likeness (QED) is 0.604. The van der Waals surface area contributed by atoms with Crippen molar-refractivity contribution in [2.24, 2.45) is 4.99 Å². The van der Waals surface area contributed by atoms with Crippen LogP contribution >= 0.6 is 0 Å². The minimum Gasteiger partial charge on any atom is -0.402 e. The maximum Gasteiger partial charge on any atom is 0.363 e. The van der Waals surface area contributed by atoms with Crippen molar-refractivity contribution in [3.63, 3.8) is 0 Å². The van der Waals surface area contributed by atoms with Crippen LogP contribution in [0.3, 0.4) is 0 Å². The molecule has 0 bridgehead atoms. The van der Waals surface area contributed by atoms with Crippen LogP contribution in [0.4, 0.5) is 4.39 Å². The Morgan fingerprint density at radius 1 is 1.00 bits per heavy atom. The van der Waals surface area contributed by atoms with Gasteiger partial charge in [0, 0.05) is 5.56 Å². The maximum atomic E-state index is 12.9. The second-order valence-electron chi connectivity index (χ2n) is 6.71. The van der Waals surface area contributed by atoms with E-state index in [0.717, 1.165) is 5.56 Å². The molecule has 0 saturated carbocycles. The molecule has 1 aliphatic rings. The summed E-state index contributed by atoms with van der Waals surface area (Å²) in [6, 6.07) is 13.6. The van der Waals surface area contributed by atoms with E-state index in [9.17, 15) is 9.18 Å². The Hall–Kier alpha value is -2.75. The van der Waals surface area contributed by atoms with Crippen molar-refractivity contribution in [3.05, 3.63) is 76.7 Å². The second kappa shape index (κ2) is 6.04. The standard InChI is InChI=1S/C20H18FNO2/c1-20(2,3)15-8-6-14(7-9-15)18-22-17(19(23)24-18)12-13-4-10-16(21)11-5-13/h4-12H,1-3H3. The van der Waals surface area contributed by atoms with Crippen LogP contribution in [0.2, 0.25) is 0 Å². The number of carbonyl (C=O) groups excluding carboxylic acids is 1. The van der Waals surface area contributed by atoms with Crippen molar-refractivity contribution in [1.82, 2.24) is 0 Å². The highest BCUT2D eigenvalue weighted by Gasteiger charge is 2.24. The molecule has 0 fully saturated rings. The Labute approximate surface area is 140 Å². The molecule has 3 nitrogen and oxygen atoms in total. The number of rotatable bonds is 2. The van der Waals surface area contributed by atoms with Crippen molar-refractivity contribution in [3.8, 4) is 0 Å². The molecule has 0 atom stereocenters. The number of ether oxygens (including phenoxy) is 1. The predicted molar refractivity (Wildman–Crippen MR) is 92.1 cm³/mol. The fourth-order valence-electron chi connectivity index (χ4n) is 2.36. The second-order valence-corrected chi connectivity index (χ2v) is 6.71. The highest BCUT2D eigenvalue weighted by molar-refractivity contribution is 6.12. The maximum absolute atomic E-state index is 12.9. The first-order valence-corrected chi connectivity index (χ1v) is 7.72. The van der Waals surface area contributed by atoms with Gasteiger partial charge in [0.05, 0.1) is 0 Å². The highest BCUT2D eigenvalue weighted by atomic mass is 19.1. The fraction of sp³-hybridized carbons (Fsp3) is 0.200. The summed E-state index contributed by atoms with van der Waals surface area (Å²) in [7, 11) is 0. The number of hydrogen-bond acceptors (Lipinski definition) is 3. The van der Waals surface area contributed by atoms with Crippen molar-refractivity contribution in [2.75, 3.05) is 0 Å². The zero-order valence-corrected chi connectivity index (χ0v) is 13.8. The third-order valence-electron chi connectivity index (χ3n) is 3.79. The van der Waals surface area contributed by atoms with Gasteiger partial charge in [-0.3, -0.25) is 0 Å². The summed E-state index contributed by atoms with van der Waals surface area (Å²) in [4.78, 5) is 16.2. The average molecular weight is 323 g/mol. The first kappa shape index (κ1) is 16.1. The molecule has 0 spiro atoms. The third kappa shape index (κ3) is 3.43. The number of carbonyl (C=O) groups is 1. The van der Waals surface area contributed by atoms with E-state index in [4.69, 9.17) is 4.74 Å². The van der Waals surface area contributed by atoms with Gasteiger partial charge < -0.3 is 4.74 Å². The van der Waals surface area contributed by atoms with Crippen LogP contribution in [-0.2, 0) is 14.9 Å². The largest absolute Gasteiger partial charge is 0.402 e. The van der Waals surface area contributed by atoms with E-state index in [1.807, 2.05) is 24.3 Å². The third-order valence-corrected chi connectivity index (χ3v) is 3.79. The molecule has 0 amide bonds. The summed E-state index contributed by atoms with van der Waals surface area (Å²) in [5.74, 6) is -0.544. The molecule has 0 aliphatic carbocycles. The summed E-state index contributed by atoms with van der Waals surface area (Å²) >= 11 is 0. The molecule has 0 radical (unpaired) electrons. The lowest BCUT2D eigenvalue weighted by Crippen LogP contribution is -2.11. The molecule has 1 aliphatic heterocycles. The molecule has 122 valence electrons. The normalized spacial score (nSPS) is 16.2. The molecular weight excluding hydrogens is 305 g/mol. The summed E-state index contributed by atoms with van der Waals surface area (Å²) in [6.45, 7) is 6.41. The van der Waals surface area contributed by atoms with Crippen LogP contribution < -0.4 is 0 Å². The molecule has 24 heavy (non-hydrogen) atoms. The van der Waals surface area contributed by atoms with Crippen molar-refractivity contribution in [2.45, 2.75) is 26.2 Å². The number of halogens is 1. The highest BCUT2D eigenvalue weighted by Crippen LogP contribution is 2.24. The van der Waals surface area contributed by atoms with E-state index >= 15 is 0 Å². The first-order chi connectivity index (χ1) is 11.3. The van der Waals surface area contributed by atoms with E-state index in [-0.39, 0.29) is 22.8 Å². The number of esters is 1. The first-order valence-electron chi connectivity index (χ1n) is 7.72. The summed E-state index contributed by atoms with van der Waals surface area (Å²) in [5, 5.41) is 0. The number of aliphatic imine (C=N–C) groups is 1. The van der Waals surface area contributed by atoms with Crippen LogP contribution in [0.25, 0.3) is 6.08 Å². The smallest absolute Gasteiger partial charge is 0.363 e. The van der Waals surface area contributed by atoms with Gasteiger partial charge in [0.15, 0.2) is 5.70 Å². The van der Waals surface area contributed by atoms with Gasteiger partial charge in [-0.05, 0) is 46.9 Å². The molecule has 1 heterocycles. The minimum absolute atomic E-state index is 0.0559. The molecular formula is C20H18FNO2. The van der Waals surface area contributed by atoms with Crippen molar-refractivity contribution >= 4 is 17.9 Å². The Kier molecular flexibility index (Phi) is 4.06. The molecule has 3 rings (SSSR count). The van der Waals surface area contributed by atoms with Gasteiger partial charge in [0.1, 0.15) is 5.82 Å². The van der Waals surface area contributed by atoms with Gasteiger partial charge in [-0.25, -0.2) is 14.2 Å². The number of benzene rings is 2. The van der Waals surface area contributed by atoms with Gasteiger partial charge in [-0.15, -0.1) is 0 Å². The summed E-state index contributed by atoms with van der Waals surface area (Å²) in [5.41, 5.74) is 2.89. The van der Waals surface area contributed by atoms with Crippen molar-refractivity contribution < 1.29 is 13.9 Å². The van der Waals surface area contributed by atoms with Gasteiger partial charge in [-0.2, -0.15) is 0 Å². The van der Waals surface area contributed by atoms with Gasteiger partial charge >= 0.3 is 5.97 Å². The lowest BCUT2D eigenvalue weighted by molar-refractivity contribution is -0.129. The predicted octanol–water partition coefficient (Wildman–Crippen LogP) is 4.47. The molecule has 2 aromatic carbocycles. The molecule has 0 aromatic heterocycles. The van der Waals surface area contributed by atoms with Crippen LogP contribution in [-0.4, -0.2) is 11.9 Å². The van der Waals surface area contributed by atoms with Crippen LogP contribution in [0.5, 0.6) is 0 Å². The average Bonchev–Trinajstić information content (AvgIpc) is 2.90. The summed E-state index contributed by atoms with van der Waals surface area (Å²) in [6.07, 6.45) is 1.58. The number of cyclic esters (lactones) is 1. The fourth-order valence-corrected chi connectivity index (χ4v) is 2.36. The number of nitrogens with zero attached hydrogens (tertiary/aromatic N) is 1. The monoisotopic (exact) mass is 323 g/mol. The molecule has 2 aromatic rings. The number of hydrogen-bond donors (Lipinski definition) is 0. The Morgan fingerprint density at radius 3 is 2.21 bits per heavy atom. The van der Waals surface area contributed by atoms with Gasteiger partial charge in [-0.1, -0.05) is 45.0 Å².